The molecule has 26 heavy (non-hydrogen) atoms. The quantitative estimate of drug-likeness (QED) is 0.729. The largest absolute Gasteiger partial charge is 0.493 e. The van der Waals surface area contributed by atoms with E-state index in [1.807, 2.05) is 6.07 Å². The van der Waals surface area contributed by atoms with Crippen LogP contribution in [0.15, 0.2) is 23.3 Å². The number of benzene rings is 1. The molecule has 2 heterocycles. The summed E-state index contributed by atoms with van der Waals surface area (Å²) in [5, 5.41) is 9.37. The fraction of sp³-hybridized carbons (Fsp3) is 0.389. The molecule has 2 bridgehead atoms. The highest BCUT2D eigenvalue weighted by molar-refractivity contribution is 6.05. The standard InChI is InChI=1S/C18H17NO7/c1-22-11-7-9-10(8-12(11)23-2)18(5-6-19)14(17(21)25-4)13(15(9)26-18)16(20)24-3/h7-8,15H,5H2,1-4H3. The van der Waals surface area contributed by atoms with Crippen molar-refractivity contribution in [3.8, 4) is 17.6 Å². The van der Waals surface area contributed by atoms with Gasteiger partial charge in [-0.15, -0.1) is 0 Å². The summed E-state index contributed by atoms with van der Waals surface area (Å²) in [6, 6.07) is 5.36. The molecule has 1 aromatic rings. The number of ether oxygens (including phenoxy) is 5. The van der Waals surface area contributed by atoms with Crippen LogP contribution in [0.3, 0.4) is 0 Å². The molecule has 0 amide bonds. The Kier molecular flexibility index (Phi) is 4.34. The van der Waals surface area contributed by atoms with Crippen LogP contribution < -0.4 is 9.47 Å². The molecule has 0 saturated heterocycles. The van der Waals surface area contributed by atoms with E-state index in [-0.39, 0.29) is 17.6 Å². The lowest BCUT2D eigenvalue weighted by molar-refractivity contribution is -0.140. The first-order valence-electron chi connectivity index (χ1n) is 7.71. The number of nitrogens with zero attached hydrogens (tertiary/aromatic N) is 1. The monoisotopic (exact) mass is 359 g/mol. The Hall–Kier alpha value is -3.05. The van der Waals surface area contributed by atoms with E-state index in [2.05, 4.69) is 0 Å². The highest BCUT2D eigenvalue weighted by atomic mass is 16.6. The smallest absolute Gasteiger partial charge is 0.337 e. The van der Waals surface area contributed by atoms with Gasteiger partial charge in [0.2, 0.25) is 0 Å². The minimum absolute atomic E-state index is 0.0156. The third-order valence-electron chi connectivity index (χ3n) is 4.65. The van der Waals surface area contributed by atoms with Gasteiger partial charge in [0.25, 0.3) is 0 Å². The summed E-state index contributed by atoms with van der Waals surface area (Å²) in [7, 11) is 5.38. The second-order valence-corrected chi connectivity index (χ2v) is 5.73. The number of hydrogen-bond acceptors (Lipinski definition) is 8. The van der Waals surface area contributed by atoms with Crippen LogP contribution in [0.4, 0.5) is 0 Å². The van der Waals surface area contributed by atoms with Crippen molar-refractivity contribution in [1.82, 2.24) is 0 Å². The van der Waals surface area contributed by atoms with Crippen LogP contribution >= 0.6 is 0 Å². The molecular formula is C18H17NO7. The van der Waals surface area contributed by atoms with E-state index in [1.54, 1.807) is 12.1 Å². The van der Waals surface area contributed by atoms with E-state index >= 15 is 0 Å². The first-order valence-corrected chi connectivity index (χ1v) is 7.71. The van der Waals surface area contributed by atoms with Crippen molar-refractivity contribution in [2.75, 3.05) is 28.4 Å². The topological polar surface area (TPSA) is 104 Å². The number of fused-ring (bicyclic) bond motifs is 5. The second-order valence-electron chi connectivity index (χ2n) is 5.73. The van der Waals surface area contributed by atoms with Gasteiger partial charge in [-0.2, -0.15) is 5.26 Å². The highest BCUT2D eigenvalue weighted by Crippen LogP contribution is 2.61. The van der Waals surface area contributed by atoms with Crippen molar-refractivity contribution in [3.05, 3.63) is 34.4 Å². The van der Waals surface area contributed by atoms with Crippen LogP contribution in [-0.4, -0.2) is 40.4 Å². The van der Waals surface area contributed by atoms with Gasteiger partial charge in [0.05, 0.1) is 52.1 Å². The average molecular weight is 359 g/mol. The predicted octanol–water partition coefficient (Wildman–Crippen LogP) is 1.54. The zero-order valence-electron chi connectivity index (χ0n) is 14.7. The first kappa shape index (κ1) is 17.8. The van der Waals surface area contributed by atoms with Crippen LogP contribution in [0.2, 0.25) is 0 Å². The maximum atomic E-state index is 12.5. The van der Waals surface area contributed by atoms with Gasteiger partial charge in [-0.25, -0.2) is 9.59 Å². The molecule has 0 saturated carbocycles. The van der Waals surface area contributed by atoms with Gasteiger partial charge in [-0.05, 0) is 23.3 Å². The fourth-order valence-corrected chi connectivity index (χ4v) is 3.58. The molecule has 2 atom stereocenters. The maximum absolute atomic E-state index is 12.5. The van der Waals surface area contributed by atoms with Gasteiger partial charge in [-0.3, -0.25) is 0 Å². The molecule has 0 N–H and O–H groups in total. The van der Waals surface area contributed by atoms with E-state index in [9.17, 15) is 14.9 Å². The Balaban J connectivity index is 2.33. The van der Waals surface area contributed by atoms with E-state index in [1.165, 1.54) is 28.4 Å². The summed E-state index contributed by atoms with van der Waals surface area (Å²) >= 11 is 0. The Bertz CT molecular complexity index is 867. The Morgan fingerprint density at radius 1 is 1.12 bits per heavy atom. The van der Waals surface area contributed by atoms with Crippen molar-refractivity contribution >= 4 is 11.9 Å². The SMILES string of the molecule is COC(=O)C1=C(C(=O)OC)C2(CC#N)OC1c1cc(OC)c(OC)cc12. The lowest BCUT2D eigenvalue weighted by atomic mass is 9.75. The summed E-state index contributed by atoms with van der Waals surface area (Å²) in [4.78, 5) is 24.8. The Labute approximate surface area is 149 Å². The zero-order valence-corrected chi connectivity index (χ0v) is 14.7. The van der Waals surface area contributed by atoms with E-state index < -0.39 is 23.6 Å². The summed E-state index contributed by atoms with van der Waals surface area (Å²) in [6.07, 6.45) is -1.05. The van der Waals surface area contributed by atoms with Crippen LogP contribution in [-0.2, 0) is 29.4 Å². The Morgan fingerprint density at radius 2 is 1.73 bits per heavy atom. The van der Waals surface area contributed by atoms with Gasteiger partial charge in [0.15, 0.2) is 11.5 Å². The van der Waals surface area contributed by atoms with Gasteiger partial charge in [-0.1, -0.05) is 0 Å². The molecule has 8 nitrogen and oxygen atoms in total. The zero-order chi connectivity index (χ0) is 19.1. The molecule has 0 fully saturated rings. The fourth-order valence-electron chi connectivity index (χ4n) is 3.58. The van der Waals surface area contributed by atoms with Crippen molar-refractivity contribution in [1.29, 1.82) is 5.26 Å². The van der Waals surface area contributed by atoms with E-state index in [4.69, 9.17) is 23.7 Å². The van der Waals surface area contributed by atoms with Crippen molar-refractivity contribution in [2.24, 2.45) is 0 Å². The van der Waals surface area contributed by atoms with Gasteiger partial charge in [0, 0.05) is 0 Å². The van der Waals surface area contributed by atoms with Gasteiger partial charge >= 0.3 is 11.9 Å². The summed E-state index contributed by atoms with van der Waals surface area (Å²) in [6.45, 7) is 0. The molecular weight excluding hydrogens is 342 g/mol. The lowest BCUT2D eigenvalue weighted by Crippen LogP contribution is -2.32. The van der Waals surface area contributed by atoms with Gasteiger partial charge < -0.3 is 23.7 Å². The van der Waals surface area contributed by atoms with Crippen molar-refractivity contribution < 1.29 is 33.3 Å². The van der Waals surface area contributed by atoms with E-state index in [0.717, 1.165) is 0 Å². The number of methoxy groups -OCH3 is 4. The molecule has 0 aliphatic carbocycles. The molecule has 2 unspecified atom stereocenters. The molecule has 2 aliphatic heterocycles. The third kappa shape index (κ3) is 2.17. The summed E-state index contributed by atoms with van der Waals surface area (Å²) in [5.41, 5.74) is -0.224. The van der Waals surface area contributed by atoms with Crippen LogP contribution in [0.1, 0.15) is 23.7 Å². The minimum Gasteiger partial charge on any atom is -0.493 e. The number of rotatable bonds is 5. The normalized spacial score (nSPS) is 22.5. The molecule has 8 heteroatoms. The van der Waals surface area contributed by atoms with Crippen LogP contribution in [0, 0.1) is 11.3 Å². The van der Waals surface area contributed by atoms with Crippen molar-refractivity contribution in [3.63, 3.8) is 0 Å². The third-order valence-corrected chi connectivity index (χ3v) is 4.65. The van der Waals surface area contributed by atoms with Gasteiger partial charge in [0.1, 0.15) is 11.7 Å². The Morgan fingerprint density at radius 3 is 2.27 bits per heavy atom. The highest BCUT2D eigenvalue weighted by Gasteiger charge is 2.61. The molecule has 1 aromatic carbocycles. The summed E-state index contributed by atoms with van der Waals surface area (Å²) < 4.78 is 26.3. The number of carbonyl (C=O) groups is 2. The predicted molar refractivity (Wildman–Crippen MR) is 86.3 cm³/mol. The molecule has 0 aromatic heterocycles. The first-order chi connectivity index (χ1) is 12.5. The average Bonchev–Trinajstić information content (AvgIpc) is 3.16. The molecule has 2 aliphatic rings. The lowest BCUT2D eigenvalue weighted by Gasteiger charge is -2.27. The minimum atomic E-state index is -1.43. The number of esters is 2. The number of carbonyl (C=O) groups excluding carboxylic acids is 2. The molecule has 0 spiro atoms. The number of nitriles is 1. The van der Waals surface area contributed by atoms with E-state index in [0.29, 0.717) is 22.6 Å². The maximum Gasteiger partial charge on any atom is 0.337 e. The van der Waals surface area contributed by atoms with Crippen molar-refractivity contribution in [2.45, 2.75) is 18.1 Å². The second kappa shape index (κ2) is 6.35. The van der Waals surface area contributed by atoms with Crippen LogP contribution in [0.5, 0.6) is 11.5 Å². The molecule has 3 rings (SSSR count). The number of hydrogen-bond donors (Lipinski definition) is 0. The molecule has 136 valence electrons. The summed E-state index contributed by atoms with van der Waals surface area (Å²) in [5.74, 6) is -0.596. The van der Waals surface area contributed by atoms with Crippen LogP contribution in [0.25, 0.3) is 0 Å². The molecule has 0 radical (unpaired) electrons.